The number of aliphatic imine (C=N–C) groups is 1. The Labute approximate surface area is 149 Å². The summed E-state index contributed by atoms with van der Waals surface area (Å²) < 4.78 is 38.7. The van der Waals surface area contributed by atoms with Gasteiger partial charge in [0, 0.05) is 5.56 Å². The van der Waals surface area contributed by atoms with E-state index >= 15 is 0 Å². The molecule has 0 aliphatic carbocycles. The molecule has 0 atom stereocenters. The number of nitrogens with zero attached hydrogens (tertiary/aromatic N) is 4. The Balaban J connectivity index is 2.66. The van der Waals surface area contributed by atoms with Gasteiger partial charge in [0.2, 0.25) is 5.95 Å². The molecule has 0 bridgehead atoms. The number of hydrogen-bond donors (Lipinski definition) is 1. The first-order valence-corrected chi connectivity index (χ1v) is 7.39. The van der Waals surface area contributed by atoms with Crippen molar-refractivity contribution in [2.45, 2.75) is 13.1 Å². The Hall–Kier alpha value is -1.77. The predicted molar refractivity (Wildman–Crippen MR) is 87.1 cm³/mol. The van der Waals surface area contributed by atoms with Crippen LogP contribution in [0.3, 0.4) is 0 Å². The standard InChI is InChI=1S/C13H9Cl3F3N5/c1-6-2-4-7(5-3-6)10(21-9(16)8(14)15)24-12(20)22-11(23-24)13(17,18)19/h2-5H,1H3,(H2,20,22,23). The van der Waals surface area contributed by atoms with Gasteiger partial charge in [-0.05, 0) is 6.92 Å². The smallest absolute Gasteiger partial charge is 0.368 e. The lowest BCUT2D eigenvalue weighted by Gasteiger charge is -2.08. The summed E-state index contributed by atoms with van der Waals surface area (Å²) in [4.78, 5) is 7.11. The molecule has 128 valence electrons. The van der Waals surface area contributed by atoms with Crippen molar-refractivity contribution >= 4 is 46.6 Å². The molecule has 0 amide bonds. The van der Waals surface area contributed by atoms with Gasteiger partial charge < -0.3 is 5.73 Å². The normalized spacial score (nSPS) is 12.4. The van der Waals surface area contributed by atoms with Crippen LogP contribution in [0.2, 0.25) is 0 Å². The largest absolute Gasteiger partial charge is 0.453 e. The van der Waals surface area contributed by atoms with Crippen LogP contribution in [-0.4, -0.2) is 20.6 Å². The van der Waals surface area contributed by atoms with Crippen LogP contribution in [0.1, 0.15) is 17.0 Å². The predicted octanol–water partition coefficient (Wildman–Crippen LogP) is 4.33. The van der Waals surface area contributed by atoms with Crippen molar-refractivity contribution in [2.75, 3.05) is 5.73 Å². The van der Waals surface area contributed by atoms with Crippen molar-refractivity contribution in [1.82, 2.24) is 14.8 Å². The van der Waals surface area contributed by atoms with Crippen LogP contribution in [0.4, 0.5) is 19.1 Å². The average Bonchev–Trinajstić information content (AvgIpc) is 2.87. The molecular formula is C13H9Cl3F3N5. The molecule has 11 heteroatoms. The number of anilines is 1. The van der Waals surface area contributed by atoms with E-state index in [0.717, 1.165) is 5.56 Å². The Morgan fingerprint density at radius 3 is 2.21 bits per heavy atom. The minimum absolute atomic E-state index is 0.112. The second-order valence-electron chi connectivity index (χ2n) is 4.56. The van der Waals surface area contributed by atoms with E-state index in [0.29, 0.717) is 10.2 Å². The number of halogens is 6. The molecule has 1 aromatic carbocycles. The number of hydrogen-bond acceptors (Lipinski definition) is 4. The van der Waals surface area contributed by atoms with Gasteiger partial charge in [-0.2, -0.15) is 22.8 Å². The van der Waals surface area contributed by atoms with Crippen molar-refractivity contribution in [3.8, 4) is 0 Å². The zero-order valence-electron chi connectivity index (χ0n) is 11.9. The van der Waals surface area contributed by atoms with Gasteiger partial charge in [0.05, 0.1) is 0 Å². The zero-order chi connectivity index (χ0) is 18.1. The third kappa shape index (κ3) is 4.19. The van der Waals surface area contributed by atoms with Gasteiger partial charge in [0.15, 0.2) is 11.0 Å². The van der Waals surface area contributed by atoms with Crippen molar-refractivity contribution < 1.29 is 13.2 Å². The lowest BCUT2D eigenvalue weighted by atomic mass is 10.1. The quantitative estimate of drug-likeness (QED) is 0.465. The molecule has 24 heavy (non-hydrogen) atoms. The lowest BCUT2D eigenvalue weighted by Crippen LogP contribution is -2.19. The molecule has 0 spiro atoms. The minimum Gasteiger partial charge on any atom is -0.368 e. The molecule has 0 fully saturated rings. The Bertz CT molecular complexity index is 805. The van der Waals surface area contributed by atoms with Gasteiger partial charge in [-0.1, -0.05) is 64.6 Å². The third-order valence-electron chi connectivity index (χ3n) is 2.76. The van der Waals surface area contributed by atoms with Crippen molar-refractivity contribution in [3.63, 3.8) is 0 Å². The number of aromatic nitrogens is 3. The zero-order valence-corrected chi connectivity index (χ0v) is 14.2. The summed E-state index contributed by atoms with van der Waals surface area (Å²) in [5.41, 5.74) is 6.86. The summed E-state index contributed by atoms with van der Waals surface area (Å²) in [6, 6.07) is 6.66. The monoisotopic (exact) mass is 397 g/mol. The van der Waals surface area contributed by atoms with Crippen LogP contribution >= 0.6 is 34.8 Å². The van der Waals surface area contributed by atoms with E-state index < -0.39 is 17.9 Å². The topological polar surface area (TPSA) is 69.1 Å². The maximum Gasteiger partial charge on any atom is 0.453 e. The van der Waals surface area contributed by atoms with Crippen LogP contribution in [0.25, 0.3) is 0 Å². The van der Waals surface area contributed by atoms with Gasteiger partial charge in [-0.15, -0.1) is 5.10 Å². The Morgan fingerprint density at radius 1 is 1.17 bits per heavy atom. The second-order valence-corrected chi connectivity index (χ2v) is 5.86. The number of rotatable bonds is 2. The van der Waals surface area contributed by atoms with Gasteiger partial charge in [-0.25, -0.2) is 4.99 Å². The summed E-state index contributed by atoms with van der Waals surface area (Å²) in [7, 11) is 0. The fourth-order valence-corrected chi connectivity index (χ4v) is 1.84. The van der Waals surface area contributed by atoms with Crippen molar-refractivity contribution in [2.24, 2.45) is 4.99 Å². The van der Waals surface area contributed by atoms with Gasteiger partial charge in [0.25, 0.3) is 5.82 Å². The van der Waals surface area contributed by atoms with Crippen molar-refractivity contribution in [1.29, 1.82) is 0 Å². The van der Waals surface area contributed by atoms with Crippen LogP contribution in [-0.2, 0) is 6.18 Å². The highest BCUT2D eigenvalue weighted by Gasteiger charge is 2.37. The summed E-state index contributed by atoms with van der Waals surface area (Å²) in [5, 5.41) is 3.01. The highest BCUT2D eigenvalue weighted by molar-refractivity contribution is 6.59. The molecule has 2 N–H and O–H groups in total. The number of nitrogen functional groups attached to an aromatic ring is 1. The third-order valence-corrected chi connectivity index (χ3v) is 3.58. The van der Waals surface area contributed by atoms with Crippen molar-refractivity contribution in [3.05, 3.63) is 50.9 Å². The summed E-state index contributed by atoms with van der Waals surface area (Å²) in [6.07, 6.45) is -4.76. The van der Waals surface area contributed by atoms with Crippen LogP contribution < -0.4 is 5.73 Å². The van der Waals surface area contributed by atoms with Gasteiger partial charge in [0.1, 0.15) is 4.49 Å². The highest BCUT2D eigenvalue weighted by Crippen LogP contribution is 2.27. The maximum absolute atomic E-state index is 12.8. The first-order valence-electron chi connectivity index (χ1n) is 6.26. The van der Waals surface area contributed by atoms with E-state index in [-0.39, 0.29) is 15.5 Å². The summed E-state index contributed by atoms with van der Waals surface area (Å²) in [6.45, 7) is 1.84. The van der Waals surface area contributed by atoms with E-state index in [4.69, 9.17) is 40.5 Å². The molecular weight excluding hydrogens is 390 g/mol. The van der Waals surface area contributed by atoms with Crippen LogP contribution in [0.5, 0.6) is 0 Å². The maximum atomic E-state index is 12.8. The number of benzene rings is 1. The summed E-state index contributed by atoms with van der Waals surface area (Å²) in [5.74, 6) is -2.03. The van der Waals surface area contributed by atoms with E-state index in [2.05, 4.69) is 15.1 Å². The van der Waals surface area contributed by atoms with Gasteiger partial charge >= 0.3 is 6.18 Å². The number of nitrogens with two attached hydrogens (primary N) is 1. The number of alkyl halides is 3. The fourth-order valence-electron chi connectivity index (χ4n) is 1.67. The first kappa shape index (κ1) is 18.6. The molecule has 0 saturated carbocycles. The molecule has 5 nitrogen and oxygen atoms in total. The average molecular weight is 399 g/mol. The van der Waals surface area contributed by atoms with E-state index in [1.54, 1.807) is 24.3 Å². The van der Waals surface area contributed by atoms with Crippen LogP contribution in [0.15, 0.2) is 38.9 Å². The van der Waals surface area contributed by atoms with Crippen LogP contribution in [0, 0.1) is 6.92 Å². The molecule has 1 aromatic heterocycles. The SMILES string of the molecule is Cc1ccc(C(=NC(Cl)=C(Cl)Cl)n2nc(C(F)(F)F)nc2N)cc1. The molecule has 0 radical (unpaired) electrons. The van der Waals surface area contributed by atoms with Gasteiger partial charge in [-0.3, -0.25) is 0 Å². The summed E-state index contributed by atoms with van der Waals surface area (Å²) >= 11 is 16.9. The molecule has 0 aliphatic rings. The Morgan fingerprint density at radius 2 is 1.75 bits per heavy atom. The second kappa shape index (κ2) is 7.00. The highest BCUT2D eigenvalue weighted by atomic mass is 35.5. The minimum atomic E-state index is -4.76. The Kier molecular flexibility index (Phi) is 5.42. The molecule has 2 rings (SSSR count). The molecule has 0 unspecified atom stereocenters. The molecule has 0 saturated heterocycles. The van der Waals surface area contributed by atoms with E-state index in [9.17, 15) is 13.2 Å². The fraction of sp³-hybridized carbons (Fsp3) is 0.154. The molecule has 0 aliphatic heterocycles. The molecule has 1 heterocycles. The lowest BCUT2D eigenvalue weighted by molar-refractivity contribution is -0.144. The number of aryl methyl sites for hydroxylation is 1. The molecule has 2 aromatic rings. The first-order chi connectivity index (χ1) is 11.1. The van der Waals surface area contributed by atoms with E-state index in [1.807, 2.05) is 6.92 Å². The van der Waals surface area contributed by atoms with E-state index in [1.165, 1.54) is 0 Å².